The van der Waals surface area contributed by atoms with Crippen LogP contribution in [-0.2, 0) is 0 Å². The molecule has 2 unspecified atom stereocenters. The first kappa shape index (κ1) is 9.83. The van der Waals surface area contributed by atoms with Gasteiger partial charge in [0.25, 0.3) is 0 Å². The van der Waals surface area contributed by atoms with Crippen molar-refractivity contribution in [2.45, 2.75) is 47.0 Å². The van der Waals surface area contributed by atoms with Gasteiger partial charge in [0.1, 0.15) is 0 Å². The largest absolute Gasteiger partial charge is 0.0914 e. The van der Waals surface area contributed by atoms with Crippen LogP contribution in [0.25, 0.3) is 0 Å². The van der Waals surface area contributed by atoms with Gasteiger partial charge in [-0.2, -0.15) is 0 Å². The molecule has 0 spiro atoms. The molecule has 2 atom stereocenters. The summed E-state index contributed by atoms with van der Waals surface area (Å²) in [6, 6.07) is 0. The second-order valence-electron chi connectivity index (χ2n) is 4.91. The lowest BCUT2D eigenvalue weighted by Gasteiger charge is -2.41. The van der Waals surface area contributed by atoms with E-state index in [-0.39, 0.29) is 0 Å². The van der Waals surface area contributed by atoms with E-state index in [9.17, 15) is 0 Å². The molecule has 1 aliphatic carbocycles. The fraction of sp³-hybridized carbons (Fsp3) is 0.833. The molecule has 0 heteroatoms. The van der Waals surface area contributed by atoms with E-state index < -0.39 is 0 Å². The van der Waals surface area contributed by atoms with Gasteiger partial charge < -0.3 is 0 Å². The number of hydrogen-bond acceptors (Lipinski definition) is 0. The van der Waals surface area contributed by atoms with Gasteiger partial charge in [-0.15, -0.1) is 0 Å². The van der Waals surface area contributed by atoms with Crippen LogP contribution < -0.4 is 0 Å². The SMILES string of the molecule is C/C=C/C1C(C)CCCC1(C)C. The Bertz CT molecular complexity index is 165. The van der Waals surface area contributed by atoms with Crippen LogP contribution in [0, 0.1) is 17.3 Å². The van der Waals surface area contributed by atoms with Crippen molar-refractivity contribution in [1.29, 1.82) is 0 Å². The maximum atomic E-state index is 2.41. The molecule has 1 rings (SSSR count). The van der Waals surface area contributed by atoms with Gasteiger partial charge >= 0.3 is 0 Å². The van der Waals surface area contributed by atoms with E-state index in [1.807, 2.05) is 0 Å². The van der Waals surface area contributed by atoms with Crippen LogP contribution in [-0.4, -0.2) is 0 Å². The first-order valence-corrected chi connectivity index (χ1v) is 5.21. The van der Waals surface area contributed by atoms with E-state index >= 15 is 0 Å². The highest BCUT2D eigenvalue weighted by Gasteiger charge is 2.34. The van der Waals surface area contributed by atoms with Gasteiger partial charge in [0.05, 0.1) is 0 Å². The van der Waals surface area contributed by atoms with Gasteiger partial charge in [-0.1, -0.05) is 45.8 Å². The van der Waals surface area contributed by atoms with Crippen LogP contribution in [0.4, 0.5) is 0 Å². The van der Waals surface area contributed by atoms with E-state index in [1.165, 1.54) is 19.3 Å². The third kappa shape index (κ3) is 1.91. The van der Waals surface area contributed by atoms with Crippen molar-refractivity contribution in [3.8, 4) is 0 Å². The van der Waals surface area contributed by atoms with E-state index in [2.05, 4.69) is 39.8 Å². The Labute approximate surface area is 77.1 Å². The molecule has 70 valence electrons. The van der Waals surface area contributed by atoms with E-state index in [0.717, 1.165) is 11.8 Å². The summed E-state index contributed by atoms with van der Waals surface area (Å²) in [5.74, 6) is 1.68. The third-order valence-electron chi connectivity index (χ3n) is 3.40. The predicted octanol–water partition coefficient (Wildman–Crippen LogP) is 4.02. The average Bonchev–Trinajstić information content (AvgIpc) is 1.97. The van der Waals surface area contributed by atoms with Gasteiger partial charge in [-0.3, -0.25) is 0 Å². The zero-order valence-corrected chi connectivity index (χ0v) is 8.93. The first-order valence-electron chi connectivity index (χ1n) is 5.21. The number of rotatable bonds is 1. The molecule has 0 saturated heterocycles. The minimum atomic E-state index is 0.532. The molecule has 0 nitrogen and oxygen atoms in total. The molecule has 0 N–H and O–H groups in total. The van der Waals surface area contributed by atoms with E-state index in [1.54, 1.807) is 0 Å². The lowest BCUT2D eigenvalue weighted by molar-refractivity contribution is 0.122. The Kier molecular flexibility index (Phi) is 2.98. The average molecular weight is 166 g/mol. The molecule has 0 amide bonds. The summed E-state index contributed by atoms with van der Waals surface area (Å²) in [5.41, 5.74) is 0.532. The Morgan fingerprint density at radius 1 is 1.33 bits per heavy atom. The Morgan fingerprint density at radius 2 is 2.00 bits per heavy atom. The zero-order valence-electron chi connectivity index (χ0n) is 8.93. The van der Waals surface area contributed by atoms with Crippen molar-refractivity contribution < 1.29 is 0 Å². The van der Waals surface area contributed by atoms with Crippen LogP contribution in [0.5, 0.6) is 0 Å². The second-order valence-corrected chi connectivity index (χ2v) is 4.91. The van der Waals surface area contributed by atoms with Crippen molar-refractivity contribution in [1.82, 2.24) is 0 Å². The van der Waals surface area contributed by atoms with Crippen molar-refractivity contribution in [3.05, 3.63) is 12.2 Å². The van der Waals surface area contributed by atoms with Crippen LogP contribution in [0.1, 0.15) is 47.0 Å². The molecule has 12 heavy (non-hydrogen) atoms. The van der Waals surface area contributed by atoms with Crippen molar-refractivity contribution in [2.24, 2.45) is 17.3 Å². The summed E-state index contributed by atoms with van der Waals surface area (Å²) < 4.78 is 0. The normalized spacial score (nSPS) is 35.7. The summed E-state index contributed by atoms with van der Waals surface area (Å²) in [5, 5.41) is 0. The maximum Gasteiger partial charge on any atom is -0.0157 e. The molecule has 0 aromatic heterocycles. The third-order valence-corrected chi connectivity index (χ3v) is 3.40. The highest BCUT2D eigenvalue weighted by atomic mass is 14.4. The summed E-state index contributed by atoms with van der Waals surface area (Å²) in [7, 11) is 0. The fourth-order valence-corrected chi connectivity index (χ4v) is 2.65. The molecular formula is C12H22. The molecule has 0 bridgehead atoms. The fourth-order valence-electron chi connectivity index (χ4n) is 2.65. The quantitative estimate of drug-likeness (QED) is 0.516. The maximum absolute atomic E-state index is 2.41. The van der Waals surface area contributed by atoms with Crippen molar-refractivity contribution in [3.63, 3.8) is 0 Å². The topological polar surface area (TPSA) is 0 Å². The molecule has 0 aliphatic heterocycles. The van der Waals surface area contributed by atoms with Crippen molar-refractivity contribution in [2.75, 3.05) is 0 Å². The smallest absolute Gasteiger partial charge is 0.0157 e. The summed E-state index contributed by atoms with van der Waals surface area (Å²) in [6.07, 6.45) is 8.85. The predicted molar refractivity (Wildman–Crippen MR) is 55.1 cm³/mol. The van der Waals surface area contributed by atoms with Gasteiger partial charge in [0, 0.05) is 0 Å². The lowest BCUT2D eigenvalue weighted by atomic mass is 9.64. The van der Waals surface area contributed by atoms with Gasteiger partial charge in [-0.25, -0.2) is 0 Å². The van der Waals surface area contributed by atoms with Crippen LogP contribution in [0.3, 0.4) is 0 Å². The van der Waals surface area contributed by atoms with Gasteiger partial charge in [0.2, 0.25) is 0 Å². The van der Waals surface area contributed by atoms with Crippen LogP contribution >= 0.6 is 0 Å². The number of allylic oxidation sites excluding steroid dienone is 2. The molecule has 0 aromatic rings. The lowest BCUT2D eigenvalue weighted by Crippen LogP contribution is -2.32. The second kappa shape index (κ2) is 3.64. The van der Waals surface area contributed by atoms with Gasteiger partial charge in [-0.05, 0) is 30.6 Å². The minimum Gasteiger partial charge on any atom is -0.0914 e. The molecule has 1 aliphatic rings. The molecular weight excluding hydrogens is 144 g/mol. The highest BCUT2D eigenvalue weighted by molar-refractivity contribution is 4.98. The van der Waals surface area contributed by atoms with E-state index in [0.29, 0.717) is 5.41 Å². The summed E-state index contributed by atoms with van der Waals surface area (Å²) >= 11 is 0. The Balaban J connectivity index is 2.73. The molecule has 0 radical (unpaired) electrons. The summed E-state index contributed by atoms with van der Waals surface area (Å²) in [4.78, 5) is 0. The van der Waals surface area contributed by atoms with Crippen LogP contribution in [0.15, 0.2) is 12.2 Å². The monoisotopic (exact) mass is 166 g/mol. The Hall–Kier alpha value is -0.260. The minimum absolute atomic E-state index is 0.532. The highest BCUT2D eigenvalue weighted by Crippen LogP contribution is 2.44. The van der Waals surface area contributed by atoms with Crippen molar-refractivity contribution >= 4 is 0 Å². The molecule has 0 heterocycles. The van der Waals surface area contributed by atoms with Crippen LogP contribution in [0.2, 0.25) is 0 Å². The zero-order chi connectivity index (χ0) is 9.19. The molecule has 1 fully saturated rings. The standard InChI is InChI=1S/C12H22/c1-5-7-11-10(2)8-6-9-12(11,3)4/h5,7,10-11H,6,8-9H2,1-4H3/b7-5+. The molecule has 1 saturated carbocycles. The first-order chi connectivity index (χ1) is 5.58. The molecule has 0 aromatic carbocycles. The van der Waals surface area contributed by atoms with Gasteiger partial charge in [0.15, 0.2) is 0 Å². The summed E-state index contributed by atoms with van der Waals surface area (Å²) in [6.45, 7) is 9.35. The Morgan fingerprint density at radius 3 is 2.50 bits per heavy atom. The number of hydrogen-bond donors (Lipinski definition) is 0. The van der Waals surface area contributed by atoms with E-state index in [4.69, 9.17) is 0 Å².